The van der Waals surface area contributed by atoms with Gasteiger partial charge in [-0.05, 0) is 101 Å². The monoisotopic (exact) mass is 980 g/mol. The zero-order chi connectivity index (χ0) is 43.7. The van der Waals surface area contributed by atoms with Gasteiger partial charge in [-0.25, -0.2) is 4.79 Å². The standard InChI is InChI=1S/C14H18ClNO.C14H19NO2.C14H19NOS.C3H7NS.3CH4.3ClH/c1-14(2)7-9-16(10-8-14)12-5-3-11(4-6-12)13(15)17;2*1-14(2)7-9-15(10-8-14)12-5-3-11(4-6-12)13(16)17;1-4(2)3-5;;;;;;/h3-6H,7-10H2,1-2H3;2*3-6H,7-10H2,1-2H3,(H,16,17);3H,1-2H3;3*1H4;3*1H/i;;;;1T;;;;;. The topological polar surface area (TPSA) is 88.0 Å². The van der Waals surface area contributed by atoms with Gasteiger partial charge in [0.1, 0.15) is 17.1 Å². The molecule has 0 unspecified atom stereocenters. The van der Waals surface area contributed by atoms with Crippen LogP contribution in [0, 0.1) is 16.2 Å². The Hall–Kier alpha value is -2.25. The van der Waals surface area contributed by atoms with E-state index in [0.29, 0.717) is 32.9 Å². The summed E-state index contributed by atoms with van der Waals surface area (Å²) >= 11 is 13.7. The first-order valence-corrected chi connectivity index (χ1v) is 21.1. The van der Waals surface area contributed by atoms with Crippen LogP contribution in [0.2, 0.25) is 0 Å². The van der Waals surface area contributed by atoms with E-state index in [1.54, 1.807) is 17.6 Å². The van der Waals surface area contributed by atoms with Crippen molar-refractivity contribution in [2.75, 3.05) is 53.4 Å². The molecule has 0 spiro atoms. The summed E-state index contributed by atoms with van der Waals surface area (Å²) < 4.78 is 5.75. The molecule has 3 fully saturated rings. The molecule has 0 bridgehead atoms. The van der Waals surface area contributed by atoms with E-state index in [0.717, 1.165) is 13.1 Å². The highest BCUT2D eigenvalue weighted by atomic mass is 35.5. The number of piperidine rings is 3. The minimum atomic E-state index is -0.855. The Labute approximate surface area is 412 Å². The summed E-state index contributed by atoms with van der Waals surface area (Å²) in [6.45, 7) is 21.0. The summed E-state index contributed by atoms with van der Waals surface area (Å²) in [4.78, 5) is 39.1. The van der Waals surface area contributed by atoms with E-state index in [1.807, 2.05) is 67.5 Å². The molecule has 3 heterocycles. The molecule has 0 radical (unpaired) electrons. The highest BCUT2D eigenvalue weighted by molar-refractivity contribution is 7.97. The lowest BCUT2D eigenvalue weighted by atomic mass is 9.82. The van der Waals surface area contributed by atoms with Crippen LogP contribution in [-0.2, 0) is 0 Å². The number of benzene rings is 3. The second-order valence-electron chi connectivity index (χ2n) is 18.0. The van der Waals surface area contributed by atoms with Crippen LogP contribution in [0.4, 0.5) is 17.1 Å². The molecule has 3 aromatic rings. The number of hydrogen-bond acceptors (Lipinski definition) is 4. The molecule has 0 amide bonds. The molecule has 6 rings (SSSR count). The van der Waals surface area contributed by atoms with Crippen molar-refractivity contribution in [2.45, 2.75) is 102 Å². The summed E-state index contributed by atoms with van der Waals surface area (Å²) in [6.07, 6.45) is 7.47. The van der Waals surface area contributed by atoms with Crippen molar-refractivity contribution in [2.24, 2.45) is 16.2 Å². The van der Waals surface area contributed by atoms with E-state index in [1.165, 1.54) is 104 Å². The van der Waals surface area contributed by atoms with Gasteiger partial charge >= 0.3 is 5.97 Å². The lowest BCUT2D eigenvalue weighted by Crippen LogP contribution is -3.08. The number of carbonyl (C=O) groups excluding carboxylic acids is 2. The molecule has 62 heavy (non-hydrogen) atoms. The maximum atomic E-state index is 11.1. The third-order valence-electron chi connectivity index (χ3n) is 11.4. The summed E-state index contributed by atoms with van der Waals surface area (Å²) in [7, 11) is 5.04. The number of carboxylic acid groups (broad SMARTS) is 1. The number of quaternary nitrogens is 3. The molecule has 14 heteroatoms. The molecule has 3 aromatic carbocycles. The lowest BCUT2D eigenvalue weighted by molar-refractivity contribution is -0.841. The van der Waals surface area contributed by atoms with Gasteiger partial charge in [-0.15, -0.1) is 12.6 Å². The van der Waals surface area contributed by atoms with Crippen LogP contribution in [0.3, 0.4) is 0 Å². The third kappa shape index (κ3) is 23.1. The Morgan fingerprint density at radius 1 is 0.597 bits per heavy atom. The maximum absolute atomic E-state index is 11.1. The number of nitrogens with zero attached hydrogens (tertiary/aromatic N) is 1. The van der Waals surface area contributed by atoms with Crippen molar-refractivity contribution in [3.05, 3.63) is 89.5 Å². The van der Waals surface area contributed by atoms with Crippen LogP contribution in [0.15, 0.2) is 72.8 Å². The van der Waals surface area contributed by atoms with E-state index in [4.69, 9.17) is 18.1 Å². The summed E-state index contributed by atoms with van der Waals surface area (Å²) in [6, 6.07) is 22.8. The van der Waals surface area contributed by atoms with Gasteiger partial charge in [0.25, 0.3) is 5.24 Å². The van der Waals surface area contributed by atoms with Crippen LogP contribution in [0.25, 0.3) is 0 Å². The molecule has 3 saturated heterocycles. The normalized spacial score (nSPS) is 17.2. The Morgan fingerprint density at radius 2 is 0.823 bits per heavy atom. The fourth-order valence-electron chi connectivity index (χ4n) is 7.09. The van der Waals surface area contributed by atoms with Crippen molar-refractivity contribution < 1.29 is 72.8 Å². The predicted octanol–water partition coefficient (Wildman–Crippen LogP) is -0.358. The average molecular weight is 983 g/mol. The second-order valence-corrected chi connectivity index (χ2v) is 18.9. The fourth-order valence-corrected chi connectivity index (χ4v) is 7.36. The average Bonchev–Trinajstić information content (AvgIpc) is 3.19. The number of rotatable bonds is 7. The van der Waals surface area contributed by atoms with Gasteiger partial charge in [0, 0.05) is 65.1 Å². The summed E-state index contributed by atoms with van der Waals surface area (Å²) in [5.74, 6) is -0.855. The summed E-state index contributed by atoms with van der Waals surface area (Å²) in [5, 5.41) is 8.30. The van der Waals surface area contributed by atoms with Crippen molar-refractivity contribution in [1.82, 2.24) is 4.90 Å². The SMILES string of the molecule is C.C.CC1(C)CC[NH+](c2ccc(C(=O)Cl)cc2)CC1.CC1(C)CC[NH+](c2ccc(C(=O)O)cc2)CC1.CC1(C)CC[NH+](c2ccc(C(=O)S)cc2)CC1.CN(C)C=S.[3H]C.[Cl-].[Cl-].[Cl-]. The zero-order valence-corrected chi connectivity index (χ0v) is 41.7. The number of hydrogen-bond donors (Lipinski definition) is 5. The van der Waals surface area contributed by atoms with Crippen molar-refractivity contribution in [1.29, 1.82) is 0 Å². The smallest absolute Gasteiger partial charge is 0.335 e. The molecular weight excluding hydrogens is 902 g/mol. The van der Waals surface area contributed by atoms with Crippen molar-refractivity contribution in [3.63, 3.8) is 0 Å². The van der Waals surface area contributed by atoms with Gasteiger partial charge in [0.2, 0.25) is 5.12 Å². The Balaban J connectivity index is -0.000000371. The number of aromatic carboxylic acids is 1. The molecule has 8 nitrogen and oxygen atoms in total. The molecule has 0 saturated carbocycles. The van der Waals surface area contributed by atoms with E-state index in [-0.39, 0.29) is 62.4 Å². The molecular formula is C48H78Cl4N4O4S2. The zero-order valence-electron chi connectivity index (χ0n) is 38.0. The van der Waals surface area contributed by atoms with Crippen LogP contribution in [0.5, 0.6) is 0 Å². The third-order valence-corrected chi connectivity index (χ3v) is 12.3. The first-order valence-electron chi connectivity index (χ1n) is 20.8. The fraction of sp³-hybridized carbons (Fsp3) is 0.542. The Morgan fingerprint density at radius 3 is 1.02 bits per heavy atom. The minimum Gasteiger partial charge on any atom is -1.00 e. The first kappa shape index (κ1) is 64.0. The number of carboxylic acids is 1. The number of carbonyl (C=O) groups is 3. The lowest BCUT2D eigenvalue weighted by Gasteiger charge is -2.34. The first-order chi connectivity index (χ1) is 27.2. The van der Waals surface area contributed by atoms with Crippen LogP contribution in [0.1, 0.15) is 135 Å². The molecule has 0 aliphatic carbocycles. The van der Waals surface area contributed by atoms with Crippen LogP contribution >= 0.6 is 36.4 Å². The van der Waals surface area contributed by atoms with Gasteiger partial charge in [-0.3, -0.25) is 9.59 Å². The van der Waals surface area contributed by atoms with E-state index in [9.17, 15) is 14.4 Å². The number of nitrogens with one attached hydrogen (secondary N) is 3. The number of thiol groups is 1. The van der Waals surface area contributed by atoms with Gasteiger partial charge in [-0.1, -0.05) is 76.0 Å². The molecule has 0 aromatic heterocycles. The molecule has 4 N–H and O–H groups in total. The minimum absolute atomic E-state index is 0. The van der Waals surface area contributed by atoms with Crippen molar-refractivity contribution in [3.8, 4) is 0 Å². The predicted molar refractivity (Wildman–Crippen MR) is 257 cm³/mol. The van der Waals surface area contributed by atoms with E-state index < -0.39 is 5.97 Å². The molecule has 354 valence electrons. The Bertz CT molecular complexity index is 1530. The molecule has 0 atom stereocenters. The summed E-state index contributed by atoms with van der Waals surface area (Å²) in [5.41, 5.74) is 8.41. The second kappa shape index (κ2) is 30.8. The van der Waals surface area contributed by atoms with Gasteiger partial charge in [-0.2, -0.15) is 0 Å². The highest BCUT2D eigenvalue weighted by Gasteiger charge is 2.31. The van der Waals surface area contributed by atoms with E-state index in [2.05, 4.69) is 78.5 Å². The largest absolute Gasteiger partial charge is 1.00 e. The van der Waals surface area contributed by atoms with Crippen molar-refractivity contribution >= 4 is 75.3 Å². The van der Waals surface area contributed by atoms with Crippen LogP contribution < -0.4 is 51.9 Å². The molecule has 3 aliphatic rings. The van der Waals surface area contributed by atoms with Gasteiger partial charge in [0.15, 0.2) is 0 Å². The maximum Gasteiger partial charge on any atom is 0.335 e. The quantitative estimate of drug-likeness (QED) is 0.127. The van der Waals surface area contributed by atoms with Crippen LogP contribution in [-0.4, -0.2) is 85.2 Å². The van der Waals surface area contributed by atoms with Gasteiger partial charge in [0.05, 0.1) is 50.3 Å². The number of thiocarbonyl (C=S) groups is 1. The highest BCUT2D eigenvalue weighted by Crippen LogP contribution is 2.27. The Kier molecular flexibility index (Phi) is 31.8. The molecule has 3 aliphatic heterocycles. The number of halogens is 4. The van der Waals surface area contributed by atoms with Gasteiger partial charge < -0.3 is 61.9 Å². The van der Waals surface area contributed by atoms with E-state index >= 15 is 0 Å².